The highest BCUT2D eigenvalue weighted by molar-refractivity contribution is 5.73. The first kappa shape index (κ1) is 25.5. The molecule has 5 atom stereocenters. The maximum Gasteiger partial charge on any atom is 0.335 e. The van der Waals surface area contributed by atoms with Gasteiger partial charge in [0.1, 0.15) is 18.3 Å². The van der Waals surface area contributed by atoms with Crippen molar-refractivity contribution < 1.29 is 39.8 Å². The molecule has 5 N–H and O–H groups in total. The summed E-state index contributed by atoms with van der Waals surface area (Å²) < 4.78 is 10.5. The lowest BCUT2D eigenvalue weighted by Crippen LogP contribution is -2.60. The van der Waals surface area contributed by atoms with Gasteiger partial charge in [-0.3, -0.25) is 0 Å². The highest BCUT2D eigenvalue weighted by Gasteiger charge is 2.47. The van der Waals surface area contributed by atoms with Crippen LogP contribution in [0.15, 0.2) is 34.9 Å². The molecule has 1 rings (SSSR count). The van der Waals surface area contributed by atoms with Crippen LogP contribution in [0.5, 0.6) is 0 Å². The molecule has 8 heteroatoms. The fraction of sp³-hybridized carbons (Fsp3) is 0.667. The zero-order valence-electron chi connectivity index (χ0n) is 17.3. The fourth-order valence-corrected chi connectivity index (χ4v) is 2.91. The Hall–Kier alpha value is -1.55. The topological polar surface area (TPSA) is 137 Å². The van der Waals surface area contributed by atoms with Crippen LogP contribution in [-0.4, -0.2) is 75.4 Å². The first-order valence-electron chi connectivity index (χ1n) is 9.79. The van der Waals surface area contributed by atoms with Crippen molar-refractivity contribution in [3.63, 3.8) is 0 Å². The Labute approximate surface area is 171 Å². The predicted octanol–water partition coefficient (Wildman–Crippen LogP) is 1.29. The number of aliphatic hydroxyl groups is 4. The molecule has 0 amide bonds. The predicted molar refractivity (Wildman–Crippen MR) is 107 cm³/mol. The van der Waals surface area contributed by atoms with E-state index in [-0.39, 0.29) is 13.2 Å². The number of hydrogen-bond acceptors (Lipinski definition) is 7. The number of rotatable bonds is 11. The number of hydrogen-bond donors (Lipinski definition) is 5. The first-order chi connectivity index (χ1) is 13.7. The Morgan fingerprint density at radius 2 is 1.45 bits per heavy atom. The van der Waals surface area contributed by atoms with E-state index in [0.29, 0.717) is 0 Å². The fourth-order valence-electron chi connectivity index (χ4n) is 2.91. The van der Waals surface area contributed by atoms with E-state index in [9.17, 15) is 20.1 Å². The van der Waals surface area contributed by atoms with Crippen molar-refractivity contribution in [3.05, 3.63) is 34.9 Å². The zero-order chi connectivity index (χ0) is 22.0. The lowest BCUT2D eigenvalue weighted by molar-refractivity contribution is -0.292. The maximum atomic E-state index is 11.1. The molecule has 29 heavy (non-hydrogen) atoms. The van der Waals surface area contributed by atoms with E-state index >= 15 is 0 Å². The van der Waals surface area contributed by atoms with E-state index in [2.05, 4.69) is 13.0 Å². The van der Waals surface area contributed by atoms with Gasteiger partial charge in [-0.2, -0.15) is 0 Å². The molecule has 166 valence electrons. The van der Waals surface area contributed by atoms with Gasteiger partial charge in [-0.1, -0.05) is 34.9 Å². The van der Waals surface area contributed by atoms with Crippen LogP contribution in [0, 0.1) is 0 Å². The molecule has 0 spiro atoms. The van der Waals surface area contributed by atoms with Crippen molar-refractivity contribution in [3.8, 4) is 0 Å². The summed E-state index contributed by atoms with van der Waals surface area (Å²) in [5, 5.41) is 47.2. The van der Waals surface area contributed by atoms with Crippen LogP contribution in [0.2, 0.25) is 0 Å². The molecule has 0 aromatic carbocycles. The van der Waals surface area contributed by atoms with E-state index in [1.54, 1.807) is 6.08 Å². The molecule has 1 unspecified atom stereocenters. The van der Waals surface area contributed by atoms with Gasteiger partial charge in [0, 0.05) is 0 Å². The van der Waals surface area contributed by atoms with Crippen LogP contribution in [0.4, 0.5) is 0 Å². The Morgan fingerprint density at radius 1 is 0.897 bits per heavy atom. The number of allylic oxidation sites excluding steroid dienone is 4. The minimum Gasteiger partial charge on any atom is -0.479 e. The van der Waals surface area contributed by atoms with E-state index < -0.39 is 36.7 Å². The van der Waals surface area contributed by atoms with E-state index in [1.165, 1.54) is 11.1 Å². The van der Waals surface area contributed by atoms with E-state index in [0.717, 1.165) is 31.3 Å². The monoisotopic (exact) mass is 414 g/mol. The third-order valence-corrected chi connectivity index (χ3v) is 4.79. The molecule has 1 aliphatic rings. The van der Waals surface area contributed by atoms with Gasteiger partial charge < -0.3 is 35.0 Å². The van der Waals surface area contributed by atoms with Crippen molar-refractivity contribution in [2.75, 3.05) is 13.2 Å². The molecule has 1 heterocycles. The molecular formula is C21H34O8. The SMILES string of the molecule is C/C(=C\CO)CC/C=C(\C)CC/C=C(\C)COC1O[C@H](C(=O)O)[C@@H](O)[C@H](O)[C@H]1O. The molecule has 0 aromatic heterocycles. The standard InChI is InChI=1S/C21H34O8/c1-13(6-4-8-14(2)10-11-22)7-5-9-15(3)12-28-21-18(25)16(23)17(24)19(29-21)20(26)27/h6,9-10,16-19,21-25H,4-5,7-8,11-12H2,1-3H3,(H,26,27)/b13-6+,14-10+,15-9+/t16-,17-,18+,19-,21?/m0/s1. The van der Waals surface area contributed by atoms with Gasteiger partial charge >= 0.3 is 5.97 Å². The first-order valence-corrected chi connectivity index (χ1v) is 9.79. The van der Waals surface area contributed by atoms with Crippen molar-refractivity contribution in [2.24, 2.45) is 0 Å². The molecule has 1 fully saturated rings. The molecule has 0 aromatic rings. The highest BCUT2D eigenvalue weighted by Crippen LogP contribution is 2.23. The molecule has 1 saturated heterocycles. The molecule has 0 aliphatic carbocycles. The quantitative estimate of drug-likeness (QED) is 0.319. The second-order valence-corrected chi connectivity index (χ2v) is 7.46. The summed E-state index contributed by atoms with van der Waals surface area (Å²) in [4.78, 5) is 11.1. The summed E-state index contributed by atoms with van der Waals surface area (Å²) >= 11 is 0. The lowest BCUT2D eigenvalue weighted by Gasteiger charge is -2.38. The molecule has 0 radical (unpaired) electrons. The van der Waals surface area contributed by atoms with Gasteiger partial charge in [-0.05, 0) is 46.5 Å². The summed E-state index contributed by atoms with van der Waals surface area (Å²) in [5.41, 5.74) is 3.31. The van der Waals surface area contributed by atoms with Crippen LogP contribution in [0.25, 0.3) is 0 Å². The maximum absolute atomic E-state index is 11.1. The summed E-state index contributed by atoms with van der Waals surface area (Å²) in [6, 6.07) is 0. The smallest absolute Gasteiger partial charge is 0.335 e. The summed E-state index contributed by atoms with van der Waals surface area (Å²) in [7, 11) is 0. The van der Waals surface area contributed by atoms with Gasteiger partial charge in [0.2, 0.25) is 0 Å². The van der Waals surface area contributed by atoms with Crippen LogP contribution in [-0.2, 0) is 14.3 Å². The number of aliphatic hydroxyl groups excluding tert-OH is 4. The van der Waals surface area contributed by atoms with Crippen LogP contribution >= 0.6 is 0 Å². The number of carboxylic acids is 1. The van der Waals surface area contributed by atoms with Gasteiger partial charge in [0.25, 0.3) is 0 Å². The zero-order valence-corrected chi connectivity index (χ0v) is 17.3. The normalized spacial score (nSPS) is 29.2. The van der Waals surface area contributed by atoms with Gasteiger partial charge in [-0.25, -0.2) is 4.79 Å². The molecular weight excluding hydrogens is 380 g/mol. The third-order valence-electron chi connectivity index (χ3n) is 4.79. The Balaban J connectivity index is 2.43. The molecule has 1 aliphatic heterocycles. The van der Waals surface area contributed by atoms with E-state index in [4.69, 9.17) is 19.7 Å². The largest absolute Gasteiger partial charge is 0.479 e. The van der Waals surface area contributed by atoms with Crippen molar-refractivity contribution >= 4 is 5.97 Å². The average molecular weight is 414 g/mol. The van der Waals surface area contributed by atoms with Crippen molar-refractivity contribution in [1.29, 1.82) is 0 Å². The highest BCUT2D eigenvalue weighted by atomic mass is 16.7. The molecule has 8 nitrogen and oxygen atoms in total. The Morgan fingerprint density at radius 3 is 2.00 bits per heavy atom. The van der Waals surface area contributed by atoms with Crippen molar-refractivity contribution in [2.45, 2.75) is 77.2 Å². The summed E-state index contributed by atoms with van der Waals surface area (Å²) in [5.74, 6) is -1.44. The van der Waals surface area contributed by atoms with Crippen LogP contribution in [0.1, 0.15) is 46.5 Å². The third kappa shape index (κ3) is 8.77. The van der Waals surface area contributed by atoms with E-state index in [1.807, 2.05) is 19.9 Å². The molecule has 0 saturated carbocycles. The number of carboxylic acid groups (broad SMARTS) is 1. The minimum atomic E-state index is -1.73. The van der Waals surface area contributed by atoms with Gasteiger partial charge in [-0.15, -0.1) is 0 Å². The number of aliphatic carboxylic acids is 1. The van der Waals surface area contributed by atoms with Crippen LogP contribution < -0.4 is 0 Å². The number of carbonyl (C=O) groups is 1. The average Bonchev–Trinajstić information content (AvgIpc) is 2.65. The molecule has 0 bridgehead atoms. The second-order valence-electron chi connectivity index (χ2n) is 7.46. The Kier molecular flexibility index (Phi) is 11.3. The lowest BCUT2D eigenvalue weighted by atomic mass is 9.99. The van der Waals surface area contributed by atoms with Gasteiger partial charge in [0.05, 0.1) is 13.2 Å². The minimum absolute atomic E-state index is 0.0695. The van der Waals surface area contributed by atoms with Crippen LogP contribution in [0.3, 0.4) is 0 Å². The number of ether oxygens (including phenoxy) is 2. The second kappa shape index (κ2) is 12.9. The summed E-state index contributed by atoms with van der Waals surface area (Å²) in [6.07, 6.45) is 1.58. The van der Waals surface area contributed by atoms with Crippen molar-refractivity contribution in [1.82, 2.24) is 0 Å². The Bertz CT molecular complexity index is 610. The van der Waals surface area contributed by atoms with Gasteiger partial charge in [0.15, 0.2) is 12.4 Å². The summed E-state index contributed by atoms with van der Waals surface area (Å²) in [6.45, 7) is 6.08.